The summed E-state index contributed by atoms with van der Waals surface area (Å²) in [5.41, 5.74) is 0. The van der Waals surface area contributed by atoms with E-state index >= 15 is 0 Å². The van der Waals surface area contributed by atoms with Crippen LogP contribution in [0.3, 0.4) is 0 Å². The van der Waals surface area contributed by atoms with E-state index in [-0.39, 0.29) is 16.7 Å². The summed E-state index contributed by atoms with van der Waals surface area (Å²) in [6.07, 6.45) is 3.44. The number of hydrogen-bond acceptors (Lipinski definition) is 4. The SMILES string of the molecule is CCOc1ccc(S(=O)(=O)N2CCC(C(=O)N3CCCC(C)C3)CC2)cc1. The van der Waals surface area contributed by atoms with E-state index in [1.807, 2.05) is 11.8 Å². The lowest BCUT2D eigenvalue weighted by Gasteiger charge is -2.36. The Balaban J connectivity index is 1.59. The number of rotatable bonds is 5. The number of nitrogens with zero attached hydrogens (tertiary/aromatic N) is 2. The van der Waals surface area contributed by atoms with Crippen LogP contribution in [0, 0.1) is 11.8 Å². The Kier molecular flexibility index (Phi) is 6.42. The number of carbonyl (C=O) groups is 1. The van der Waals surface area contributed by atoms with Crippen molar-refractivity contribution in [2.45, 2.75) is 44.4 Å². The van der Waals surface area contributed by atoms with Crippen LogP contribution in [0.25, 0.3) is 0 Å². The van der Waals surface area contributed by atoms with Gasteiger partial charge in [0, 0.05) is 32.1 Å². The van der Waals surface area contributed by atoms with Crippen LogP contribution in [0.15, 0.2) is 29.2 Å². The predicted octanol–water partition coefficient (Wildman–Crippen LogP) is 2.74. The molecule has 1 aromatic rings. The van der Waals surface area contributed by atoms with E-state index in [0.29, 0.717) is 44.2 Å². The highest BCUT2D eigenvalue weighted by atomic mass is 32.2. The summed E-state index contributed by atoms with van der Waals surface area (Å²) in [5.74, 6) is 1.38. The third-order valence-corrected chi connectivity index (χ3v) is 7.46. The second-order valence-electron chi connectivity index (χ2n) is 7.61. The lowest BCUT2D eigenvalue weighted by atomic mass is 9.93. The molecule has 2 saturated heterocycles. The first-order chi connectivity index (χ1) is 12.9. The topological polar surface area (TPSA) is 66.9 Å². The molecule has 1 aromatic carbocycles. The Morgan fingerprint density at radius 3 is 2.37 bits per heavy atom. The van der Waals surface area contributed by atoms with E-state index < -0.39 is 10.0 Å². The molecule has 1 amide bonds. The molecule has 1 unspecified atom stereocenters. The van der Waals surface area contributed by atoms with Gasteiger partial charge in [0.1, 0.15) is 5.75 Å². The minimum Gasteiger partial charge on any atom is -0.494 e. The Labute approximate surface area is 162 Å². The lowest BCUT2D eigenvalue weighted by Crippen LogP contribution is -2.46. The first-order valence-electron chi connectivity index (χ1n) is 9.93. The van der Waals surface area contributed by atoms with Crippen molar-refractivity contribution >= 4 is 15.9 Å². The Morgan fingerprint density at radius 2 is 1.78 bits per heavy atom. The number of ether oxygens (including phenoxy) is 1. The highest BCUT2D eigenvalue weighted by Gasteiger charge is 2.34. The third kappa shape index (κ3) is 4.63. The summed E-state index contributed by atoms with van der Waals surface area (Å²) in [5, 5.41) is 0. The van der Waals surface area contributed by atoms with Gasteiger partial charge >= 0.3 is 0 Å². The van der Waals surface area contributed by atoms with Crippen molar-refractivity contribution in [2.75, 3.05) is 32.8 Å². The highest BCUT2D eigenvalue weighted by molar-refractivity contribution is 7.89. The average molecular weight is 395 g/mol. The van der Waals surface area contributed by atoms with E-state index in [0.717, 1.165) is 19.5 Å². The first-order valence-corrected chi connectivity index (χ1v) is 11.4. The van der Waals surface area contributed by atoms with Crippen LogP contribution in [0.1, 0.15) is 39.5 Å². The van der Waals surface area contributed by atoms with E-state index in [4.69, 9.17) is 4.74 Å². The second kappa shape index (κ2) is 8.61. The molecule has 0 radical (unpaired) electrons. The van der Waals surface area contributed by atoms with Gasteiger partial charge in [-0.05, 0) is 62.8 Å². The van der Waals surface area contributed by atoms with Crippen molar-refractivity contribution < 1.29 is 17.9 Å². The summed E-state index contributed by atoms with van der Waals surface area (Å²) in [6, 6.07) is 6.55. The molecular formula is C20H30N2O4S. The fourth-order valence-electron chi connectivity index (χ4n) is 4.01. The highest BCUT2D eigenvalue weighted by Crippen LogP contribution is 2.27. The lowest BCUT2D eigenvalue weighted by molar-refractivity contribution is -0.138. The van der Waals surface area contributed by atoms with E-state index in [2.05, 4.69) is 6.92 Å². The Morgan fingerprint density at radius 1 is 1.11 bits per heavy atom. The molecule has 3 rings (SSSR count). The minimum absolute atomic E-state index is 0.0536. The molecule has 2 heterocycles. The van der Waals surface area contributed by atoms with Crippen molar-refractivity contribution in [1.82, 2.24) is 9.21 Å². The first kappa shape index (κ1) is 20.1. The van der Waals surface area contributed by atoms with Crippen LogP contribution in [-0.4, -0.2) is 56.3 Å². The molecule has 0 N–H and O–H groups in total. The summed E-state index contributed by atoms with van der Waals surface area (Å²) in [4.78, 5) is 15.0. The zero-order valence-corrected chi connectivity index (χ0v) is 17.1. The number of likely N-dealkylation sites (tertiary alicyclic amines) is 1. The van der Waals surface area contributed by atoms with Gasteiger partial charge in [0.2, 0.25) is 15.9 Å². The molecular weight excluding hydrogens is 364 g/mol. The third-order valence-electron chi connectivity index (χ3n) is 5.54. The van der Waals surface area contributed by atoms with E-state index in [1.165, 1.54) is 10.7 Å². The summed E-state index contributed by atoms with van der Waals surface area (Å²) < 4.78 is 32.6. The van der Waals surface area contributed by atoms with Gasteiger partial charge in [-0.15, -0.1) is 0 Å². The molecule has 6 nitrogen and oxygen atoms in total. The van der Waals surface area contributed by atoms with Crippen molar-refractivity contribution in [3.05, 3.63) is 24.3 Å². The predicted molar refractivity (Wildman–Crippen MR) is 104 cm³/mol. The largest absolute Gasteiger partial charge is 0.494 e. The molecule has 2 aliphatic rings. The van der Waals surface area contributed by atoms with E-state index in [9.17, 15) is 13.2 Å². The fraction of sp³-hybridized carbons (Fsp3) is 0.650. The zero-order valence-electron chi connectivity index (χ0n) is 16.3. The van der Waals surface area contributed by atoms with Gasteiger partial charge in [-0.3, -0.25) is 4.79 Å². The molecule has 0 aliphatic carbocycles. The molecule has 2 fully saturated rings. The maximum atomic E-state index is 12.9. The number of amides is 1. The minimum atomic E-state index is -3.52. The molecule has 27 heavy (non-hydrogen) atoms. The Hall–Kier alpha value is -1.60. The van der Waals surface area contributed by atoms with Crippen LogP contribution >= 0.6 is 0 Å². The van der Waals surface area contributed by atoms with Crippen LogP contribution in [-0.2, 0) is 14.8 Å². The van der Waals surface area contributed by atoms with Gasteiger partial charge in [-0.25, -0.2) is 8.42 Å². The molecule has 0 saturated carbocycles. The smallest absolute Gasteiger partial charge is 0.243 e. The number of benzene rings is 1. The van der Waals surface area contributed by atoms with Gasteiger partial charge < -0.3 is 9.64 Å². The number of hydrogen-bond donors (Lipinski definition) is 0. The van der Waals surface area contributed by atoms with Crippen molar-refractivity contribution in [3.8, 4) is 5.75 Å². The summed E-state index contributed by atoms with van der Waals surface area (Å²) >= 11 is 0. The van der Waals surface area contributed by atoms with Gasteiger partial charge in [-0.2, -0.15) is 4.31 Å². The molecule has 0 bridgehead atoms. The zero-order chi connectivity index (χ0) is 19.4. The van der Waals surface area contributed by atoms with Crippen LogP contribution < -0.4 is 4.74 Å². The van der Waals surface area contributed by atoms with Gasteiger partial charge in [0.25, 0.3) is 0 Å². The quantitative estimate of drug-likeness (QED) is 0.770. The van der Waals surface area contributed by atoms with Gasteiger partial charge in [0.05, 0.1) is 11.5 Å². The number of carbonyl (C=O) groups excluding carboxylic acids is 1. The maximum Gasteiger partial charge on any atom is 0.243 e. The fourth-order valence-corrected chi connectivity index (χ4v) is 5.48. The molecule has 0 spiro atoms. The van der Waals surface area contributed by atoms with Crippen molar-refractivity contribution in [1.29, 1.82) is 0 Å². The summed E-state index contributed by atoms with van der Waals surface area (Å²) in [7, 11) is -3.52. The molecule has 2 aliphatic heterocycles. The van der Waals surface area contributed by atoms with Gasteiger partial charge in [0.15, 0.2) is 0 Å². The van der Waals surface area contributed by atoms with Crippen molar-refractivity contribution in [2.24, 2.45) is 11.8 Å². The molecule has 150 valence electrons. The molecule has 7 heteroatoms. The monoisotopic (exact) mass is 394 g/mol. The Bertz CT molecular complexity index is 740. The molecule has 0 aromatic heterocycles. The van der Waals surface area contributed by atoms with Gasteiger partial charge in [-0.1, -0.05) is 6.92 Å². The normalized spacial score (nSPS) is 22.6. The summed E-state index contributed by atoms with van der Waals surface area (Å²) in [6.45, 7) is 7.09. The number of sulfonamides is 1. The standard InChI is InChI=1S/C20H30N2O4S/c1-3-26-18-6-8-19(9-7-18)27(24,25)22-13-10-17(11-14-22)20(23)21-12-4-5-16(2)15-21/h6-9,16-17H,3-5,10-15H2,1-2H3. The van der Waals surface area contributed by atoms with Crippen LogP contribution in [0.4, 0.5) is 0 Å². The maximum absolute atomic E-state index is 12.9. The van der Waals surface area contributed by atoms with Crippen molar-refractivity contribution in [3.63, 3.8) is 0 Å². The molecule has 1 atom stereocenters. The second-order valence-corrected chi connectivity index (χ2v) is 9.55. The average Bonchev–Trinajstić information content (AvgIpc) is 2.68. The van der Waals surface area contributed by atoms with Crippen LogP contribution in [0.5, 0.6) is 5.75 Å². The van der Waals surface area contributed by atoms with E-state index in [1.54, 1.807) is 24.3 Å². The van der Waals surface area contributed by atoms with Crippen LogP contribution in [0.2, 0.25) is 0 Å². The number of piperidine rings is 2.